The van der Waals surface area contributed by atoms with Crippen LogP contribution in [-0.2, 0) is 15.9 Å². The molecule has 1 saturated heterocycles. The number of rotatable bonds is 13. The summed E-state index contributed by atoms with van der Waals surface area (Å²) in [5.74, 6) is 1.83. The van der Waals surface area contributed by atoms with E-state index < -0.39 is 0 Å². The van der Waals surface area contributed by atoms with Crippen LogP contribution in [0.4, 0.5) is 0 Å². The molecule has 1 aromatic heterocycles. The van der Waals surface area contributed by atoms with Crippen molar-refractivity contribution in [2.45, 2.75) is 26.7 Å². The number of hydrogen-bond acceptors (Lipinski definition) is 5. The van der Waals surface area contributed by atoms with Crippen LogP contribution >= 0.6 is 0 Å². The lowest BCUT2D eigenvalue weighted by molar-refractivity contribution is -0.149. The molecule has 0 atom stereocenters. The lowest BCUT2D eigenvalue weighted by Crippen LogP contribution is -2.45. The molecule has 0 unspecified atom stereocenters. The van der Waals surface area contributed by atoms with Gasteiger partial charge in [-0.2, -0.15) is 0 Å². The predicted octanol–water partition coefficient (Wildman–Crippen LogP) is 9.53. The maximum absolute atomic E-state index is 6.11. The Balaban J connectivity index is 1.36. The SMILES string of the molecule is C=C(/C=C(\C=C/C)c1nc(-c2cccc(CCOCC3(CC)COC3)c2)nc(-c2cccc(-c3ccccc3)c2)n1)c1ccccc1. The zero-order valence-electron chi connectivity index (χ0n) is 27.2. The minimum Gasteiger partial charge on any atom is -0.380 e. The van der Waals surface area contributed by atoms with Crippen LogP contribution in [0.5, 0.6) is 0 Å². The van der Waals surface area contributed by atoms with Gasteiger partial charge < -0.3 is 9.47 Å². The number of allylic oxidation sites excluding steroid dienone is 5. The molecule has 2 heterocycles. The fourth-order valence-electron chi connectivity index (χ4n) is 5.65. The van der Waals surface area contributed by atoms with Crippen LogP contribution in [0.15, 0.2) is 134 Å². The first kappa shape index (κ1) is 32.0. The molecule has 1 aliphatic rings. The van der Waals surface area contributed by atoms with Crippen molar-refractivity contribution in [3.63, 3.8) is 0 Å². The Morgan fingerprint density at radius 2 is 1.43 bits per heavy atom. The maximum Gasteiger partial charge on any atom is 0.164 e. The molecule has 0 amide bonds. The maximum atomic E-state index is 6.11. The minimum atomic E-state index is 0.182. The summed E-state index contributed by atoms with van der Waals surface area (Å²) in [7, 11) is 0. The molecule has 47 heavy (non-hydrogen) atoms. The van der Waals surface area contributed by atoms with E-state index in [1.165, 1.54) is 5.56 Å². The molecule has 236 valence electrons. The first-order valence-electron chi connectivity index (χ1n) is 16.3. The van der Waals surface area contributed by atoms with Gasteiger partial charge in [-0.05, 0) is 65.8 Å². The van der Waals surface area contributed by atoms with Crippen molar-refractivity contribution in [2.75, 3.05) is 26.4 Å². The van der Waals surface area contributed by atoms with Gasteiger partial charge in [-0.15, -0.1) is 0 Å². The molecule has 0 bridgehead atoms. The largest absolute Gasteiger partial charge is 0.380 e. The Morgan fingerprint density at radius 1 is 0.787 bits per heavy atom. The van der Waals surface area contributed by atoms with Gasteiger partial charge in [0.1, 0.15) is 0 Å². The summed E-state index contributed by atoms with van der Waals surface area (Å²) in [6.45, 7) is 11.5. The van der Waals surface area contributed by atoms with E-state index >= 15 is 0 Å². The third-order valence-corrected chi connectivity index (χ3v) is 8.64. The summed E-state index contributed by atoms with van der Waals surface area (Å²) in [5, 5.41) is 0. The van der Waals surface area contributed by atoms with E-state index in [9.17, 15) is 0 Å². The van der Waals surface area contributed by atoms with Gasteiger partial charge in [0.2, 0.25) is 0 Å². The van der Waals surface area contributed by atoms with Crippen LogP contribution < -0.4 is 0 Å². The van der Waals surface area contributed by atoms with E-state index in [0.717, 1.165) is 71.6 Å². The average molecular weight is 620 g/mol. The molecule has 0 aliphatic carbocycles. The van der Waals surface area contributed by atoms with E-state index in [4.69, 9.17) is 24.4 Å². The lowest BCUT2D eigenvalue weighted by atomic mass is 9.84. The molecule has 0 saturated carbocycles. The van der Waals surface area contributed by atoms with E-state index in [1.807, 2.05) is 49.4 Å². The van der Waals surface area contributed by atoms with Gasteiger partial charge in [0.05, 0.1) is 26.4 Å². The summed E-state index contributed by atoms with van der Waals surface area (Å²) in [5.41, 5.74) is 8.25. The Kier molecular flexibility index (Phi) is 10.3. The molecule has 1 fully saturated rings. The Bertz CT molecular complexity index is 1870. The van der Waals surface area contributed by atoms with Gasteiger partial charge in [0.25, 0.3) is 0 Å². The zero-order chi connectivity index (χ0) is 32.5. The highest BCUT2D eigenvalue weighted by Gasteiger charge is 2.36. The van der Waals surface area contributed by atoms with Gasteiger partial charge in [-0.25, -0.2) is 15.0 Å². The van der Waals surface area contributed by atoms with Crippen molar-refractivity contribution in [2.24, 2.45) is 5.41 Å². The first-order chi connectivity index (χ1) is 23.1. The Morgan fingerprint density at radius 3 is 2.09 bits per heavy atom. The van der Waals surface area contributed by atoms with Crippen molar-refractivity contribution in [1.82, 2.24) is 15.0 Å². The summed E-state index contributed by atoms with van der Waals surface area (Å²) < 4.78 is 11.6. The normalized spacial score (nSPS) is 14.2. The fourth-order valence-corrected chi connectivity index (χ4v) is 5.65. The second-order valence-corrected chi connectivity index (χ2v) is 12.1. The van der Waals surface area contributed by atoms with Crippen molar-refractivity contribution in [1.29, 1.82) is 0 Å². The smallest absolute Gasteiger partial charge is 0.164 e. The Hall–Kier alpha value is -4.97. The molecule has 0 N–H and O–H groups in total. The summed E-state index contributed by atoms with van der Waals surface area (Å²) >= 11 is 0. The van der Waals surface area contributed by atoms with E-state index in [2.05, 4.69) is 98.4 Å². The highest BCUT2D eigenvalue weighted by Crippen LogP contribution is 2.32. The quantitative estimate of drug-likeness (QED) is 0.0970. The predicted molar refractivity (Wildman–Crippen MR) is 192 cm³/mol. The fraction of sp³-hybridized carbons (Fsp3) is 0.214. The number of hydrogen-bond donors (Lipinski definition) is 0. The standard InChI is InChI=1S/C42H41N3O2/c1-4-14-36(25-31(3)33-16-8-6-9-17-33)39-43-40(37-21-12-15-32(26-37)23-24-46-28-42(5-2)29-47-30-42)45-41(44-39)38-22-13-20-35(27-38)34-18-10-7-11-19-34/h4,6-22,25-27H,3,5,23-24,28-30H2,1-2H3/b14-4-,36-25+. The Labute approximate surface area is 278 Å². The summed E-state index contributed by atoms with van der Waals surface area (Å²) in [6, 6.07) is 37.3. The van der Waals surface area contributed by atoms with Gasteiger partial charge in [-0.3, -0.25) is 0 Å². The van der Waals surface area contributed by atoms with E-state index in [0.29, 0.717) is 24.1 Å². The molecule has 1 aliphatic heterocycles. The van der Waals surface area contributed by atoms with Crippen LogP contribution in [0.3, 0.4) is 0 Å². The highest BCUT2D eigenvalue weighted by molar-refractivity contribution is 5.85. The summed E-state index contributed by atoms with van der Waals surface area (Å²) in [4.78, 5) is 15.1. The first-order valence-corrected chi connectivity index (χ1v) is 16.3. The van der Waals surface area contributed by atoms with E-state index in [-0.39, 0.29) is 5.41 Å². The monoisotopic (exact) mass is 619 g/mol. The third-order valence-electron chi connectivity index (χ3n) is 8.64. The summed E-state index contributed by atoms with van der Waals surface area (Å²) in [6.07, 6.45) is 7.95. The zero-order valence-corrected chi connectivity index (χ0v) is 27.2. The topological polar surface area (TPSA) is 57.1 Å². The minimum absolute atomic E-state index is 0.182. The van der Waals surface area contributed by atoms with Crippen LogP contribution in [0.2, 0.25) is 0 Å². The molecular weight excluding hydrogens is 578 g/mol. The van der Waals surface area contributed by atoms with Gasteiger partial charge >= 0.3 is 0 Å². The van der Waals surface area contributed by atoms with Gasteiger partial charge in [0, 0.05) is 22.1 Å². The van der Waals surface area contributed by atoms with Crippen molar-refractivity contribution >= 4 is 11.1 Å². The molecule has 5 nitrogen and oxygen atoms in total. The average Bonchev–Trinajstić information content (AvgIpc) is 3.11. The van der Waals surface area contributed by atoms with Crippen molar-refractivity contribution in [3.05, 3.63) is 151 Å². The number of aromatic nitrogens is 3. The number of nitrogens with zero attached hydrogens (tertiary/aromatic N) is 3. The van der Waals surface area contributed by atoms with Gasteiger partial charge in [0.15, 0.2) is 17.5 Å². The molecule has 6 rings (SSSR count). The highest BCUT2D eigenvalue weighted by atomic mass is 16.5. The molecule has 5 heteroatoms. The van der Waals surface area contributed by atoms with Gasteiger partial charge in [-0.1, -0.05) is 123 Å². The van der Waals surface area contributed by atoms with Crippen molar-refractivity contribution < 1.29 is 9.47 Å². The van der Waals surface area contributed by atoms with Crippen molar-refractivity contribution in [3.8, 4) is 33.9 Å². The molecule has 0 radical (unpaired) electrons. The molecular formula is C42H41N3O2. The number of benzene rings is 4. The molecule has 0 spiro atoms. The van der Waals surface area contributed by atoms with Crippen LogP contribution in [-0.4, -0.2) is 41.4 Å². The lowest BCUT2D eigenvalue weighted by Gasteiger charge is -2.40. The second-order valence-electron chi connectivity index (χ2n) is 12.1. The molecule has 4 aromatic carbocycles. The van der Waals surface area contributed by atoms with Crippen LogP contribution in [0.1, 0.15) is 37.2 Å². The number of ether oxygens (including phenoxy) is 2. The van der Waals surface area contributed by atoms with Crippen LogP contribution in [0.25, 0.3) is 45.0 Å². The third kappa shape index (κ3) is 7.89. The van der Waals surface area contributed by atoms with Crippen LogP contribution in [0, 0.1) is 5.41 Å². The second kappa shape index (κ2) is 15.1. The van der Waals surface area contributed by atoms with E-state index in [1.54, 1.807) is 0 Å². The molecule has 5 aromatic rings.